The van der Waals surface area contributed by atoms with Gasteiger partial charge in [-0.05, 0) is 50.4 Å². The standard InChI is InChI=1S/C15H20N2O2/c1-10-7-14(18)17(15(19)16-10)9-11-5-6-12-3-2-4-13(12)8-11/h2,4,7,11-13H,3,5-6,8-9H2,1H3,(H,16,19). The van der Waals surface area contributed by atoms with Gasteiger partial charge < -0.3 is 4.98 Å². The molecule has 1 fully saturated rings. The van der Waals surface area contributed by atoms with Crippen molar-refractivity contribution in [3.63, 3.8) is 0 Å². The van der Waals surface area contributed by atoms with E-state index in [-0.39, 0.29) is 11.2 Å². The molecule has 2 aliphatic rings. The Morgan fingerprint density at radius 1 is 1.37 bits per heavy atom. The first-order valence-electron chi connectivity index (χ1n) is 7.11. The largest absolute Gasteiger partial charge is 0.328 e. The molecule has 0 aliphatic heterocycles. The van der Waals surface area contributed by atoms with Gasteiger partial charge in [-0.3, -0.25) is 9.36 Å². The lowest BCUT2D eigenvalue weighted by Crippen LogP contribution is -2.38. The van der Waals surface area contributed by atoms with Gasteiger partial charge in [0, 0.05) is 18.3 Å². The maximum atomic E-state index is 11.9. The third kappa shape index (κ3) is 2.44. The van der Waals surface area contributed by atoms with Gasteiger partial charge in [-0.1, -0.05) is 12.2 Å². The number of aromatic nitrogens is 2. The smallest absolute Gasteiger partial charge is 0.311 e. The normalized spacial score (nSPS) is 29.4. The van der Waals surface area contributed by atoms with Crippen LogP contribution in [0.3, 0.4) is 0 Å². The average Bonchev–Trinajstić information content (AvgIpc) is 2.81. The summed E-state index contributed by atoms with van der Waals surface area (Å²) in [6, 6.07) is 1.50. The maximum Gasteiger partial charge on any atom is 0.328 e. The van der Waals surface area contributed by atoms with Gasteiger partial charge in [0.25, 0.3) is 5.56 Å². The van der Waals surface area contributed by atoms with Crippen LogP contribution >= 0.6 is 0 Å². The molecule has 4 nitrogen and oxygen atoms in total. The summed E-state index contributed by atoms with van der Waals surface area (Å²) in [6.45, 7) is 2.30. The number of aryl methyl sites for hydroxylation is 1. The van der Waals surface area contributed by atoms with Crippen LogP contribution in [0, 0.1) is 24.7 Å². The summed E-state index contributed by atoms with van der Waals surface area (Å²) in [4.78, 5) is 26.5. The van der Waals surface area contributed by atoms with Crippen LogP contribution in [-0.4, -0.2) is 9.55 Å². The molecule has 19 heavy (non-hydrogen) atoms. The van der Waals surface area contributed by atoms with Crippen molar-refractivity contribution >= 4 is 0 Å². The molecule has 1 aromatic rings. The van der Waals surface area contributed by atoms with Crippen LogP contribution in [0.25, 0.3) is 0 Å². The van der Waals surface area contributed by atoms with Gasteiger partial charge in [-0.2, -0.15) is 0 Å². The second-order valence-corrected chi connectivity index (χ2v) is 5.97. The first kappa shape index (κ1) is 12.5. The predicted molar refractivity (Wildman–Crippen MR) is 74.1 cm³/mol. The van der Waals surface area contributed by atoms with E-state index in [1.54, 1.807) is 6.92 Å². The fourth-order valence-corrected chi connectivity index (χ4v) is 3.55. The van der Waals surface area contributed by atoms with E-state index >= 15 is 0 Å². The van der Waals surface area contributed by atoms with E-state index in [0.29, 0.717) is 24.1 Å². The molecule has 3 unspecified atom stereocenters. The summed E-state index contributed by atoms with van der Waals surface area (Å²) in [6.07, 6.45) is 9.27. The van der Waals surface area contributed by atoms with E-state index in [0.717, 1.165) is 18.8 Å². The van der Waals surface area contributed by atoms with Crippen LogP contribution in [0.4, 0.5) is 0 Å². The van der Waals surface area contributed by atoms with Crippen LogP contribution in [0.15, 0.2) is 27.8 Å². The van der Waals surface area contributed by atoms with Crippen molar-refractivity contribution in [1.82, 2.24) is 9.55 Å². The Balaban J connectivity index is 1.77. The first-order chi connectivity index (χ1) is 9.13. The summed E-state index contributed by atoms with van der Waals surface area (Å²) in [5.41, 5.74) is 0.188. The highest BCUT2D eigenvalue weighted by Crippen LogP contribution is 2.40. The Morgan fingerprint density at radius 2 is 2.21 bits per heavy atom. The van der Waals surface area contributed by atoms with Gasteiger partial charge in [-0.15, -0.1) is 0 Å². The fourth-order valence-electron chi connectivity index (χ4n) is 3.55. The molecule has 3 rings (SSSR count). The number of hydrogen-bond donors (Lipinski definition) is 1. The molecule has 0 spiro atoms. The van der Waals surface area contributed by atoms with E-state index in [1.807, 2.05) is 0 Å². The summed E-state index contributed by atoms with van der Waals surface area (Å²) in [7, 11) is 0. The number of aromatic amines is 1. The molecule has 1 N–H and O–H groups in total. The average molecular weight is 260 g/mol. The lowest BCUT2D eigenvalue weighted by Gasteiger charge is -2.31. The van der Waals surface area contributed by atoms with Crippen molar-refractivity contribution in [2.24, 2.45) is 17.8 Å². The van der Waals surface area contributed by atoms with Crippen molar-refractivity contribution in [2.45, 2.75) is 39.2 Å². The van der Waals surface area contributed by atoms with Gasteiger partial charge in [0.05, 0.1) is 0 Å². The molecule has 4 heteroatoms. The Bertz CT molecular complexity index is 580. The molecule has 1 saturated carbocycles. The molecule has 102 valence electrons. The molecule has 2 aliphatic carbocycles. The minimum Gasteiger partial charge on any atom is -0.311 e. The molecule has 0 radical (unpaired) electrons. The van der Waals surface area contributed by atoms with Crippen LogP contribution < -0.4 is 11.2 Å². The van der Waals surface area contributed by atoms with Crippen molar-refractivity contribution in [1.29, 1.82) is 0 Å². The second kappa shape index (κ2) is 4.83. The zero-order chi connectivity index (χ0) is 13.4. The zero-order valence-corrected chi connectivity index (χ0v) is 11.3. The van der Waals surface area contributed by atoms with Gasteiger partial charge in [0.1, 0.15) is 0 Å². The molecule has 0 bridgehead atoms. The number of hydrogen-bond acceptors (Lipinski definition) is 2. The SMILES string of the molecule is Cc1cc(=O)n(CC2CCC3CC=CC3C2)c(=O)[nH]1. The Labute approximate surface area is 112 Å². The van der Waals surface area contributed by atoms with Crippen LogP contribution in [0.2, 0.25) is 0 Å². The second-order valence-electron chi connectivity index (χ2n) is 5.97. The zero-order valence-electron chi connectivity index (χ0n) is 11.3. The lowest BCUT2D eigenvalue weighted by atomic mass is 9.75. The Kier molecular flexibility index (Phi) is 3.17. The summed E-state index contributed by atoms with van der Waals surface area (Å²) in [5.74, 6) is 1.92. The molecule has 3 atom stereocenters. The van der Waals surface area contributed by atoms with Gasteiger partial charge >= 0.3 is 5.69 Å². The number of H-pyrrole nitrogens is 1. The number of allylic oxidation sites excluding steroid dienone is 2. The van der Waals surface area contributed by atoms with E-state index in [4.69, 9.17) is 0 Å². The van der Waals surface area contributed by atoms with Gasteiger partial charge in [0.2, 0.25) is 0 Å². The highest BCUT2D eigenvalue weighted by molar-refractivity contribution is 5.04. The van der Waals surface area contributed by atoms with Crippen molar-refractivity contribution in [2.75, 3.05) is 0 Å². The van der Waals surface area contributed by atoms with Crippen LogP contribution in [-0.2, 0) is 6.54 Å². The number of nitrogens with one attached hydrogen (secondary N) is 1. The third-order valence-corrected chi connectivity index (χ3v) is 4.57. The number of rotatable bonds is 2. The third-order valence-electron chi connectivity index (χ3n) is 4.57. The number of fused-ring (bicyclic) bond motifs is 1. The molecule has 0 saturated heterocycles. The summed E-state index contributed by atoms with van der Waals surface area (Å²) in [5, 5.41) is 0. The van der Waals surface area contributed by atoms with Crippen LogP contribution in [0.1, 0.15) is 31.4 Å². The minimum absolute atomic E-state index is 0.176. The molecule has 0 amide bonds. The molecule has 0 aromatic carbocycles. The fraction of sp³-hybridized carbons (Fsp3) is 0.600. The summed E-state index contributed by atoms with van der Waals surface area (Å²) >= 11 is 0. The Hall–Kier alpha value is -1.58. The highest BCUT2D eigenvalue weighted by atomic mass is 16.2. The van der Waals surface area contributed by atoms with Crippen LogP contribution in [0.5, 0.6) is 0 Å². The van der Waals surface area contributed by atoms with E-state index < -0.39 is 0 Å². The molecule has 1 heterocycles. The van der Waals surface area contributed by atoms with Gasteiger partial charge in [-0.25, -0.2) is 4.79 Å². The van der Waals surface area contributed by atoms with Gasteiger partial charge in [0.15, 0.2) is 0 Å². The first-order valence-corrected chi connectivity index (χ1v) is 7.11. The van der Waals surface area contributed by atoms with E-state index in [1.165, 1.54) is 23.5 Å². The topological polar surface area (TPSA) is 54.9 Å². The lowest BCUT2D eigenvalue weighted by molar-refractivity contribution is 0.209. The minimum atomic E-state index is -0.269. The molecular formula is C15H20N2O2. The Morgan fingerprint density at radius 3 is 3.00 bits per heavy atom. The maximum absolute atomic E-state index is 11.9. The quantitative estimate of drug-likeness (QED) is 0.825. The molecule has 1 aromatic heterocycles. The molecular weight excluding hydrogens is 240 g/mol. The monoisotopic (exact) mass is 260 g/mol. The van der Waals surface area contributed by atoms with Crippen molar-refractivity contribution < 1.29 is 0 Å². The summed E-state index contributed by atoms with van der Waals surface area (Å²) < 4.78 is 1.36. The van der Waals surface area contributed by atoms with Crippen molar-refractivity contribution in [3.05, 3.63) is 44.8 Å². The van der Waals surface area contributed by atoms with E-state index in [9.17, 15) is 9.59 Å². The highest BCUT2D eigenvalue weighted by Gasteiger charge is 2.31. The number of nitrogens with zero attached hydrogens (tertiary/aromatic N) is 1. The van der Waals surface area contributed by atoms with Crippen molar-refractivity contribution in [3.8, 4) is 0 Å². The predicted octanol–water partition coefficient (Wildman–Crippen LogP) is 1.84. The van der Waals surface area contributed by atoms with E-state index in [2.05, 4.69) is 17.1 Å².